The molecule has 0 fully saturated rings. The monoisotopic (exact) mass is 404 g/mol. The summed E-state index contributed by atoms with van der Waals surface area (Å²) >= 11 is 0. The molecular weight excluding hydrogens is 384 g/mol. The van der Waals surface area contributed by atoms with E-state index in [4.69, 9.17) is 4.74 Å². The summed E-state index contributed by atoms with van der Waals surface area (Å²) < 4.78 is 6.39. The number of aromatic hydroxyl groups is 2. The van der Waals surface area contributed by atoms with Gasteiger partial charge in [0.15, 0.2) is 0 Å². The molecule has 1 aliphatic rings. The zero-order chi connectivity index (χ0) is 21.1. The fraction of sp³-hybridized carbons (Fsp3) is 0.0714. The summed E-state index contributed by atoms with van der Waals surface area (Å²) in [4.78, 5) is 0. The van der Waals surface area contributed by atoms with Crippen molar-refractivity contribution < 1.29 is 14.9 Å². The number of hydrogen-bond donors (Lipinski definition) is 2. The molecule has 0 atom stereocenters. The highest BCUT2D eigenvalue weighted by Crippen LogP contribution is 2.52. The zero-order valence-electron chi connectivity index (χ0n) is 17.0. The summed E-state index contributed by atoms with van der Waals surface area (Å²) in [5.74, 6) is 1.93. The Balaban J connectivity index is 1.76. The molecule has 0 bridgehead atoms. The Labute approximate surface area is 179 Å². The molecule has 6 rings (SSSR count). The number of aryl methyl sites for hydroxylation is 1. The van der Waals surface area contributed by atoms with Crippen LogP contribution >= 0.6 is 0 Å². The molecule has 3 nitrogen and oxygen atoms in total. The summed E-state index contributed by atoms with van der Waals surface area (Å²) in [6.07, 6.45) is 0. The van der Waals surface area contributed by atoms with Crippen LogP contribution in [0.15, 0.2) is 84.9 Å². The number of rotatable bonds is 1. The Morgan fingerprint density at radius 2 is 1.10 bits per heavy atom. The van der Waals surface area contributed by atoms with E-state index in [1.165, 1.54) is 5.56 Å². The molecule has 0 aromatic heterocycles. The lowest BCUT2D eigenvalue weighted by Gasteiger charge is -2.31. The van der Waals surface area contributed by atoms with Crippen LogP contribution in [-0.2, 0) is 0 Å². The maximum atomic E-state index is 10.3. The predicted molar refractivity (Wildman–Crippen MR) is 123 cm³/mol. The third-order valence-corrected chi connectivity index (χ3v) is 6.22. The van der Waals surface area contributed by atoms with Gasteiger partial charge < -0.3 is 14.9 Å². The van der Waals surface area contributed by atoms with Crippen molar-refractivity contribution in [1.82, 2.24) is 0 Å². The normalized spacial score (nSPS) is 13.1. The SMILES string of the molecule is Cc1ccc(C2c3c(ccc4ccc(O)cc34)Oc3ccc4ccc(O)cc4c32)cc1. The molecular formula is C28H20O3. The molecule has 5 aromatic rings. The first-order valence-corrected chi connectivity index (χ1v) is 10.3. The largest absolute Gasteiger partial charge is 0.508 e. The van der Waals surface area contributed by atoms with Crippen molar-refractivity contribution in [3.8, 4) is 23.0 Å². The molecule has 0 aliphatic carbocycles. The van der Waals surface area contributed by atoms with Gasteiger partial charge in [0.05, 0.1) is 0 Å². The molecule has 31 heavy (non-hydrogen) atoms. The molecule has 0 radical (unpaired) electrons. The van der Waals surface area contributed by atoms with Gasteiger partial charge in [-0.1, -0.05) is 54.1 Å². The predicted octanol–water partition coefficient (Wildman–Crippen LogP) is 7.00. The van der Waals surface area contributed by atoms with Crippen molar-refractivity contribution in [3.63, 3.8) is 0 Å². The molecule has 5 aromatic carbocycles. The van der Waals surface area contributed by atoms with E-state index in [9.17, 15) is 10.2 Å². The molecule has 0 saturated carbocycles. The molecule has 2 N–H and O–H groups in total. The molecule has 0 unspecified atom stereocenters. The number of benzene rings is 5. The maximum Gasteiger partial charge on any atom is 0.132 e. The van der Waals surface area contributed by atoms with Gasteiger partial charge >= 0.3 is 0 Å². The van der Waals surface area contributed by atoms with E-state index >= 15 is 0 Å². The molecule has 0 saturated heterocycles. The lowest BCUT2D eigenvalue weighted by atomic mass is 9.78. The van der Waals surface area contributed by atoms with Gasteiger partial charge in [0.25, 0.3) is 0 Å². The van der Waals surface area contributed by atoms with Crippen LogP contribution in [0, 0.1) is 6.92 Å². The zero-order valence-corrected chi connectivity index (χ0v) is 17.0. The fourth-order valence-corrected chi connectivity index (χ4v) is 4.75. The van der Waals surface area contributed by atoms with E-state index in [0.29, 0.717) is 0 Å². The first-order valence-electron chi connectivity index (χ1n) is 10.3. The number of phenols is 2. The van der Waals surface area contributed by atoms with Crippen molar-refractivity contribution in [1.29, 1.82) is 0 Å². The lowest BCUT2D eigenvalue weighted by molar-refractivity contribution is 0.455. The Hall–Kier alpha value is -3.98. The van der Waals surface area contributed by atoms with Crippen LogP contribution in [0.5, 0.6) is 23.0 Å². The smallest absolute Gasteiger partial charge is 0.132 e. The number of hydrogen-bond acceptors (Lipinski definition) is 3. The van der Waals surface area contributed by atoms with Crippen molar-refractivity contribution >= 4 is 21.5 Å². The lowest BCUT2D eigenvalue weighted by Crippen LogP contribution is -2.13. The number of fused-ring (bicyclic) bond motifs is 6. The summed E-state index contributed by atoms with van der Waals surface area (Å²) in [6, 6.07) is 27.5. The maximum absolute atomic E-state index is 10.3. The van der Waals surface area contributed by atoms with Gasteiger partial charge in [0, 0.05) is 17.0 Å². The van der Waals surface area contributed by atoms with Gasteiger partial charge in [-0.05, 0) is 70.4 Å². The highest BCUT2D eigenvalue weighted by Gasteiger charge is 2.32. The summed E-state index contributed by atoms with van der Waals surface area (Å²) in [7, 11) is 0. The van der Waals surface area contributed by atoms with Crippen LogP contribution in [0.3, 0.4) is 0 Å². The van der Waals surface area contributed by atoms with Gasteiger partial charge in [-0.15, -0.1) is 0 Å². The van der Waals surface area contributed by atoms with E-state index in [0.717, 1.165) is 49.7 Å². The number of phenolic OH excluding ortho intramolecular Hbond substituents is 2. The molecule has 150 valence electrons. The molecule has 1 heterocycles. The Morgan fingerprint density at radius 1 is 0.613 bits per heavy atom. The van der Waals surface area contributed by atoms with Crippen molar-refractivity contribution in [2.24, 2.45) is 0 Å². The topological polar surface area (TPSA) is 49.7 Å². The number of ether oxygens (including phenoxy) is 1. The van der Waals surface area contributed by atoms with E-state index in [2.05, 4.69) is 31.2 Å². The summed E-state index contributed by atoms with van der Waals surface area (Å²) in [5.41, 5.74) is 4.40. The average Bonchev–Trinajstić information content (AvgIpc) is 2.78. The third-order valence-electron chi connectivity index (χ3n) is 6.22. The van der Waals surface area contributed by atoms with E-state index in [1.807, 2.05) is 48.5 Å². The van der Waals surface area contributed by atoms with Crippen LogP contribution in [0.1, 0.15) is 28.2 Å². The minimum atomic E-state index is -0.102. The fourth-order valence-electron chi connectivity index (χ4n) is 4.75. The third kappa shape index (κ3) is 2.74. The van der Waals surface area contributed by atoms with Crippen molar-refractivity contribution in [2.45, 2.75) is 12.8 Å². The van der Waals surface area contributed by atoms with Crippen molar-refractivity contribution in [3.05, 3.63) is 107 Å². The molecule has 3 heteroatoms. The Kier molecular flexibility index (Phi) is 3.75. The van der Waals surface area contributed by atoms with E-state index in [1.54, 1.807) is 12.1 Å². The van der Waals surface area contributed by atoms with Gasteiger partial charge in [-0.2, -0.15) is 0 Å². The van der Waals surface area contributed by atoms with Gasteiger partial charge in [-0.25, -0.2) is 0 Å². The van der Waals surface area contributed by atoms with Crippen LogP contribution in [0.2, 0.25) is 0 Å². The van der Waals surface area contributed by atoms with Crippen LogP contribution < -0.4 is 4.74 Å². The van der Waals surface area contributed by atoms with Crippen LogP contribution in [0.25, 0.3) is 21.5 Å². The van der Waals surface area contributed by atoms with Gasteiger partial charge in [-0.3, -0.25) is 0 Å². The van der Waals surface area contributed by atoms with E-state index in [-0.39, 0.29) is 17.4 Å². The van der Waals surface area contributed by atoms with E-state index < -0.39 is 0 Å². The molecule has 1 aliphatic heterocycles. The Bertz CT molecular complexity index is 1390. The average molecular weight is 404 g/mol. The van der Waals surface area contributed by atoms with Crippen molar-refractivity contribution in [2.75, 3.05) is 0 Å². The minimum Gasteiger partial charge on any atom is -0.508 e. The van der Waals surface area contributed by atoms with Gasteiger partial charge in [0.1, 0.15) is 23.0 Å². The highest BCUT2D eigenvalue weighted by atomic mass is 16.5. The van der Waals surface area contributed by atoms with Crippen LogP contribution in [0.4, 0.5) is 0 Å². The quantitative estimate of drug-likeness (QED) is 0.310. The van der Waals surface area contributed by atoms with Crippen LogP contribution in [-0.4, -0.2) is 10.2 Å². The first-order chi connectivity index (χ1) is 15.1. The minimum absolute atomic E-state index is 0.102. The first kappa shape index (κ1) is 17.8. The summed E-state index contributed by atoms with van der Waals surface area (Å²) in [5, 5.41) is 24.5. The summed E-state index contributed by atoms with van der Waals surface area (Å²) in [6.45, 7) is 2.08. The second-order valence-electron chi connectivity index (χ2n) is 8.21. The second kappa shape index (κ2) is 6.51. The molecule has 0 amide bonds. The second-order valence-corrected chi connectivity index (χ2v) is 8.21. The standard InChI is InChI=1S/C28H20O3/c1-16-2-4-19(5-3-16)26-27-22-14-20(29)10-6-17(22)8-12-24(27)31-25-13-9-18-7-11-21(30)15-23(18)28(25)26/h2-15,26,29-30H,1H3. The molecule has 0 spiro atoms. The van der Waals surface area contributed by atoms with Gasteiger partial charge in [0.2, 0.25) is 0 Å². The Morgan fingerprint density at radius 3 is 1.61 bits per heavy atom. The highest BCUT2D eigenvalue weighted by molar-refractivity contribution is 5.96.